The molecule has 0 saturated heterocycles. The molecule has 1 heterocycles. The highest BCUT2D eigenvalue weighted by Gasteiger charge is 2.21. The first kappa shape index (κ1) is 15.8. The zero-order chi connectivity index (χ0) is 16.6. The van der Waals surface area contributed by atoms with Crippen molar-refractivity contribution in [3.63, 3.8) is 0 Å². The minimum Gasteiger partial charge on any atom is -0.505 e. The van der Waals surface area contributed by atoms with Gasteiger partial charge < -0.3 is 15.2 Å². The number of phenolic OH excluding ortho intramolecular Hbond substituents is 1. The van der Waals surface area contributed by atoms with E-state index in [1.807, 2.05) is 26.0 Å². The SMILES string of the molecule is COc1ccc2c(c1-c1cc(F)c(O)c(C(C)C)c1)CCNC2. The summed E-state index contributed by atoms with van der Waals surface area (Å²) in [7, 11) is 1.63. The number of hydrogen-bond acceptors (Lipinski definition) is 3. The molecule has 122 valence electrons. The van der Waals surface area contributed by atoms with Gasteiger partial charge in [-0.15, -0.1) is 0 Å². The Morgan fingerprint density at radius 2 is 2.04 bits per heavy atom. The molecule has 2 aromatic rings. The Kier molecular flexibility index (Phi) is 4.26. The Hall–Kier alpha value is -2.07. The molecule has 0 aromatic heterocycles. The standard InChI is InChI=1S/C19H22FNO2/c1-11(2)15-8-13(9-16(20)19(15)22)18-14-6-7-21-10-12(14)4-5-17(18)23-3/h4-5,8-9,11,21-22H,6-7,10H2,1-3H3. The van der Waals surface area contributed by atoms with Crippen molar-refractivity contribution in [1.29, 1.82) is 0 Å². The lowest BCUT2D eigenvalue weighted by Gasteiger charge is -2.23. The van der Waals surface area contributed by atoms with Crippen LogP contribution in [0, 0.1) is 5.82 Å². The minimum absolute atomic E-state index is 0.0386. The zero-order valence-corrected chi connectivity index (χ0v) is 13.7. The third-order valence-corrected chi connectivity index (χ3v) is 4.46. The third kappa shape index (κ3) is 2.79. The highest BCUT2D eigenvalue weighted by Crippen LogP contribution is 2.40. The lowest BCUT2D eigenvalue weighted by atomic mass is 9.88. The molecule has 0 unspecified atom stereocenters. The van der Waals surface area contributed by atoms with E-state index >= 15 is 0 Å². The van der Waals surface area contributed by atoms with Crippen LogP contribution in [-0.4, -0.2) is 18.8 Å². The number of hydrogen-bond donors (Lipinski definition) is 2. The Morgan fingerprint density at radius 3 is 2.74 bits per heavy atom. The van der Waals surface area contributed by atoms with E-state index in [4.69, 9.17) is 4.74 Å². The fourth-order valence-corrected chi connectivity index (χ4v) is 3.25. The van der Waals surface area contributed by atoms with Crippen LogP contribution in [0.1, 0.15) is 36.5 Å². The summed E-state index contributed by atoms with van der Waals surface area (Å²) in [6.07, 6.45) is 0.876. The molecule has 23 heavy (non-hydrogen) atoms. The Balaban J connectivity index is 2.26. The lowest BCUT2D eigenvalue weighted by molar-refractivity contribution is 0.414. The second kappa shape index (κ2) is 6.20. The summed E-state index contributed by atoms with van der Waals surface area (Å²) in [5.41, 5.74) is 4.73. The third-order valence-electron chi connectivity index (χ3n) is 4.46. The quantitative estimate of drug-likeness (QED) is 0.900. The fourth-order valence-electron chi connectivity index (χ4n) is 3.25. The van der Waals surface area contributed by atoms with Gasteiger partial charge in [-0.2, -0.15) is 0 Å². The fraction of sp³-hybridized carbons (Fsp3) is 0.368. The number of benzene rings is 2. The first-order chi connectivity index (χ1) is 11.0. The first-order valence-electron chi connectivity index (χ1n) is 7.95. The van der Waals surface area contributed by atoms with Crippen LogP contribution in [0.4, 0.5) is 4.39 Å². The highest BCUT2D eigenvalue weighted by molar-refractivity contribution is 5.77. The molecule has 0 aliphatic carbocycles. The van der Waals surface area contributed by atoms with E-state index in [0.717, 1.165) is 36.4 Å². The van der Waals surface area contributed by atoms with Gasteiger partial charge in [0.15, 0.2) is 11.6 Å². The molecule has 1 aliphatic heterocycles. The largest absolute Gasteiger partial charge is 0.505 e. The maximum absolute atomic E-state index is 14.3. The number of aromatic hydroxyl groups is 1. The molecule has 0 bridgehead atoms. The average Bonchev–Trinajstić information content (AvgIpc) is 2.55. The molecule has 4 heteroatoms. The molecular formula is C19H22FNO2. The molecule has 2 aromatic carbocycles. The number of methoxy groups -OCH3 is 1. The number of ether oxygens (including phenoxy) is 1. The highest BCUT2D eigenvalue weighted by atomic mass is 19.1. The monoisotopic (exact) mass is 315 g/mol. The van der Waals surface area contributed by atoms with Gasteiger partial charge in [-0.25, -0.2) is 4.39 Å². The Morgan fingerprint density at radius 1 is 1.26 bits per heavy atom. The smallest absolute Gasteiger partial charge is 0.165 e. The van der Waals surface area contributed by atoms with Crippen molar-refractivity contribution in [3.8, 4) is 22.6 Å². The van der Waals surface area contributed by atoms with E-state index in [1.165, 1.54) is 17.2 Å². The van der Waals surface area contributed by atoms with Crippen LogP contribution in [0.5, 0.6) is 11.5 Å². The van der Waals surface area contributed by atoms with Gasteiger partial charge in [0.25, 0.3) is 0 Å². The summed E-state index contributed by atoms with van der Waals surface area (Å²) in [6.45, 7) is 5.59. The van der Waals surface area contributed by atoms with Gasteiger partial charge in [0, 0.05) is 17.7 Å². The van der Waals surface area contributed by atoms with Crippen molar-refractivity contribution >= 4 is 0 Å². The predicted octanol–water partition coefficient (Wildman–Crippen LogP) is 3.98. The first-order valence-corrected chi connectivity index (χ1v) is 7.95. The van der Waals surface area contributed by atoms with Gasteiger partial charge in [-0.1, -0.05) is 19.9 Å². The molecule has 0 spiro atoms. The minimum atomic E-state index is -0.584. The van der Waals surface area contributed by atoms with Crippen LogP contribution in [-0.2, 0) is 13.0 Å². The maximum Gasteiger partial charge on any atom is 0.165 e. The van der Waals surface area contributed by atoms with Gasteiger partial charge in [-0.05, 0) is 53.8 Å². The molecule has 0 fully saturated rings. The molecule has 3 nitrogen and oxygen atoms in total. The van der Waals surface area contributed by atoms with Crippen LogP contribution in [0.3, 0.4) is 0 Å². The van der Waals surface area contributed by atoms with E-state index in [1.54, 1.807) is 7.11 Å². The second-order valence-corrected chi connectivity index (χ2v) is 6.26. The summed E-state index contributed by atoms with van der Waals surface area (Å²) in [5, 5.41) is 13.3. The molecule has 2 N–H and O–H groups in total. The van der Waals surface area contributed by atoms with Crippen LogP contribution < -0.4 is 10.1 Å². The van der Waals surface area contributed by atoms with E-state index in [-0.39, 0.29) is 11.7 Å². The van der Waals surface area contributed by atoms with E-state index in [2.05, 4.69) is 11.4 Å². The zero-order valence-electron chi connectivity index (χ0n) is 13.7. The molecule has 1 aliphatic rings. The summed E-state index contributed by atoms with van der Waals surface area (Å²) in [4.78, 5) is 0. The average molecular weight is 315 g/mol. The molecule has 0 amide bonds. The van der Waals surface area contributed by atoms with Crippen molar-refractivity contribution in [2.75, 3.05) is 13.7 Å². The Bertz CT molecular complexity index is 741. The normalized spacial score (nSPS) is 14.0. The van der Waals surface area contributed by atoms with E-state index in [0.29, 0.717) is 5.56 Å². The number of fused-ring (bicyclic) bond motifs is 1. The van der Waals surface area contributed by atoms with Crippen molar-refractivity contribution < 1.29 is 14.2 Å². The van der Waals surface area contributed by atoms with Gasteiger partial charge in [0.2, 0.25) is 0 Å². The predicted molar refractivity (Wildman–Crippen MR) is 89.6 cm³/mol. The topological polar surface area (TPSA) is 41.5 Å². The molecule has 0 saturated carbocycles. The Labute approximate surface area is 136 Å². The van der Waals surface area contributed by atoms with Crippen molar-refractivity contribution in [3.05, 3.63) is 46.8 Å². The lowest BCUT2D eigenvalue weighted by Crippen LogP contribution is -2.24. The van der Waals surface area contributed by atoms with E-state index in [9.17, 15) is 9.50 Å². The number of phenols is 1. The molecular weight excluding hydrogens is 293 g/mol. The van der Waals surface area contributed by atoms with Crippen LogP contribution in [0.15, 0.2) is 24.3 Å². The van der Waals surface area contributed by atoms with Crippen LogP contribution in [0.25, 0.3) is 11.1 Å². The summed E-state index contributed by atoms with van der Waals surface area (Å²) < 4.78 is 19.8. The summed E-state index contributed by atoms with van der Waals surface area (Å²) >= 11 is 0. The van der Waals surface area contributed by atoms with Crippen molar-refractivity contribution in [2.24, 2.45) is 0 Å². The number of rotatable bonds is 3. The van der Waals surface area contributed by atoms with Crippen LogP contribution in [0.2, 0.25) is 0 Å². The van der Waals surface area contributed by atoms with Gasteiger partial charge in [0.05, 0.1) is 7.11 Å². The maximum atomic E-state index is 14.3. The van der Waals surface area contributed by atoms with E-state index < -0.39 is 5.82 Å². The number of halogens is 1. The second-order valence-electron chi connectivity index (χ2n) is 6.26. The molecule has 0 atom stereocenters. The van der Waals surface area contributed by atoms with Gasteiger partial charge >= 0.3 is 0 Å². The van der Waals surface area contributed by atoms with Crippen molar-refractivity contribution in [1.82, 2.24) is 5.32 Å². The molecule has 0 radical (unpaired) electrons. The number of nitrogens with one attached hydrogen (secondary N) is 1. The summed E-state index contributed by atoms with van der Waals surface area (Å²) in [5.74, 6) is -0.0592. The van der Waals surface area contributed by atoms with Crippen molar-refractivity contribution in [2.45, 2.75) is 32.7 Å². The van der Waals surface area contributed by atoms with Gasteiger partial charge in [-0.3, -0.25) is 0 Å². The molecule has 3 rings (SSSR count). The van der Waals surface area contributed by atoms with Crippen LogP contribution >= 0.6 is 0 Å². The summed E-state index contributed by atoms with van der Waals surface area (Å²) in [6, 6.07) is 7.27. The van der Waals surface area contributed by atoms with Gasteiger partial charge in [0.1, 0.15) is 5.75 Å².